The van der Waals surface area contributed by atoms with Crippen molar-refractivity contribution in [2.75, 3.05) is 32.9 Å². The van der Waals surface area contributed by atoms with Crippen LogP contribution in [0.3, 0.4) is 0 Å². The molecule has 2 rings (SSSR count). The maximum absolute atomic E-state index is 13.9. The van der Waals surface area contributed by atoms with Gasteiger partial charge in [-0.3, -0.25) is 4.79 Å². The lowest BCUT2D eigenvalue weighted by atomic mass is 10.1. The van der Waals surface area contributed by atoms with Crippen LogP contribution in [0.5, 0.6) is 0 Å². The molecule has 0 bridgehead atoms. The summed E-state index contributed by atoms with van der Waals surface area (Å²) in [6.45, 7) is 1.63. The summed E-state index contributed by atoms with van der Waals surface area (Å²) in [7, 11) is 0. The summed E-state index contributed by atoms with van der Waals surface area (Å²) in [6, 6.07) is 4.20. The summed E-state index contributed by atoms with van der Waals surface area (Å²) in [6.07, 6.45) is 0. The number of halogens is 1. The van der Waals surface area contributed by atoms with Crippen LogP contribution in [0.15, 0.2) is 18.2 Å². The topological polar surface area (TPSA) is 49.8 Å². The molecule has 1 saturated heterocycles. The van der Waals surface area contributed by atoms with Crippen molar-refractivity contribution in [3.63, 3.8) is 0 Å². The molecule has 1 amide bonds. The first-order valence-corrected chi connectivity index (χ1v) is 5.98. The smallest absolute Gasteiger partial charge is 0.256 e. The molecule has 0 unspecified atom stereocenters. The molecule has 0 spiro atoms. The Morgan fingerprint density at radius 3 is 2.79 bits per heavy atom. The number of morpholine rings is 1. The molecule has 0 aliphatic carbocycles. The van der Waals surface area contributed by atoms with Crippen LogP contribution in [-0.2, 0) is 4.74 Å². The normalized spacial score (nSPS) is 14.7. The number of benzene rings is 1. The third kappa shape index (κ3) is 3.31. The molecule has 0 aromatic heterocycles. The van der Waals surface area contributed by atoms with Crippen LogP contribution in [0, 0.1) is 17.7 Å². The van der Waals surface area contributed by atoms with Gasteiger partial charge < -0.3 is 14.7 Å². The van der Waals surface area contributed by atoms with Crippen LogP contribution in [0.1, 0.15) is 15.9 Å². The van der Waals surface area contributed by atoms with E-state index in [1.54, 1.807) is 11.0 Å². The van der Waals surface area contributed by atoms with Gasteiger partial charge in [-0.1, -0.05) is 11.8 Å². The second-order valence-electron chi connectivity index (χ2n) is 4.06. The summed E-state index contributed by atoms with van der Waals surface area (Å²) in [5, 5.41) is 8.57. The van der Waals surface area contributed by atoms with E-state index in [0.29, 0.717) is 31.9 Å². The molecule has 0 radical (unpaired) electrons. The van der Waals surface area contributed by atoms with E-state index in [-0.39, 0.29) is 18.1 Å². The molecule has 1 aromatic rings. The van der Waals surface area contributed by atoms with Gasteiger partial charge >= 0.3 is 0 Å². The van der Waals surface area contributed by atoms with Crippen molar-refractivity contribution in [1.82, 2.24) is 4.90 Å². The minimum Gasteiger partial charge on any atom is -0.384 e. The molecule has 19 heavy (non-hydrogen) atoms. The molecular weight excluding hydrogens is 249 g/mol. The van der Waals surface area contributed by atoms with E-state index >= 15 is 0 Å². The fraction of sp³-hybridized carbons (Fsp3) is 0.357. The van der Waals surface area contributed by atoms with Gasteiger partial charge in [0.2, 0.25) is 0 Å². The average Bonchev–Trinajstić information content (AvgIpc) is 2.45. The number of hydrogen-bond donors (Lipinski definition) is 1. The van der Waals surface area contributed by atoms with E-state index < -0.39 is 5.82 Å². The lowest BCUT2D eigenvalue weighted by molar-refractivity contribution is 0.0300. The highest BCUT2D eigenvalue weighted by molar-refractivity contribution is 5.94. The van der Waals surface area contributed by atoms with Crippen molar-refractivity contribution in [3.05, 3.63) is 35.1 Å². The van der Waals surface area contributed by atoms with Gasteiger partial charge in [0.25, 0.3) is 5.91 Å². The summed E-state index contributed by atoms with van der Waals surface area (Å²) >= 11 is 0. The molecule has 4 nitrogen and oxygen atoms in total. The van der Waals surface area contributed by atoms with Gasteiger partial charge in [-0.15, -0.1) is 0 Å². The lowest BCUT2D eigenvalue weighted by Crippen LogP contribution is -2.41. The van der Waals surface area contributed by atoms with Gasteiger partial charge in [-0.05, 0) is 18.2 Å². The maximum Gasteiger partial charge on any atom is 0.256 e. The predicted molar refractivity (Wildman–Crippen MR) is 67.1 cm³/mol. The molecular formula is C14H14FNO3. The van der Waals surface area contributed by atoms with Crippen molar-refractivity contribution < 1.29 is 19.0 Å². The molecule has 1 aliphatic rings. The fourth-order valence-corrected chi connectivity index (χ4v) is 1.84. The minimum absolute atomic E-state index is 0.0384. The molecule has 100 valence electrons. The number of rotatable bonds is 1. The Balaban J connectivity index is 2.18. The largest absolute Gasteiger partial charge is 0.384 e. The quantitative estimate of drug-likeness (QED) is 0.757. The highest BCUT2D eigenvalue weighted by atomic mass is 19.1. The van der Waals surface area contributed by atoms with E-state index in [2.05, 4.69) is 11.8 Å². The zero-order valence-corrected chi connectivity index (χ0v) is 10.4. The number of aliphatic hydroxyl groups is 1. The summed E-state index contributed by atoms with van der Waals surface area (Å²) in [4.78, 5) is 13.7. The van der Waals surface area contributed by atoms with Crippen LogP contribution < -0.4 is 0 Å². The van der Waals surface area contributed by atoms with Crippen LogP contribution in [-0.4, -0.2) is 48.8 Å². The number of ether oxygens (including phenoxy) is 1. The van der Waals surface area contributed by atoms with Crippen LogP contribution >= 0.6 is 0 Å². The average molecular weight is 263 g/mol. The molecule has 1 aromatic carbocycles. The summed E-state index contributed by atoms with van der Waals surface area (Å²) in [5.41, 5.74) is 0.474. The number of aliphatic hydroxyl groups excluding tert-OH is 1. The number of nitrogens with zero attached hydrogens (tertiary/aromatic N) is 1. The van der Waals surface area contributed by atoms with Gasteiger partial charge in [0.05, 0.1) is 18.8 Å². The molecule has 1 aliphatic heterocycles. The molecule has 1 heterocycles. The predicted octanol–water partition coefficient (Wildman–Crippen LogP) is 0.642. The third-order valence-corrected chi connectivity index (χ3v) is 2.81. The lowest BCUT2D eigenvalue weighted by Gasteiger charge is -2.27. The third-order valence-electron chi connectivity index (χ3n) is 2.81. The van der Waals surface area contributed by atoms with E-state index in [0.717, 1.165) is 0 Å². The first kappa shape index (κ1) is 13.5. The first-order chi connectivity index (χ1) is 9.22. The number of carbonyl (C=O) groups excluding carboxylic acids is 1. The number of carbonyl (C=O) groups is 1. The van der Waals surface area contributed by atoms with Gasteiger partial charge in [0.1, 0.15) is 12.4 Å². The fourth-order valence-electron chi connectivity index (χ4n) is 1.84. The Labute approximate surface area is 110 Å². The zero-order valence-electron chi connectivity index (χ0n) is 10.4. The Bertz CT molecular complexity index is 527. The van der Waals surface area contributed by atoms with E-state index in [1.807, 2.05) is 0 Å². The Morgan fingerprint density at radius 1 is 1.42 bits per heavy atom. The summed E-state index contributed by atoms with van der Waals surface area (Å²) in [5.74, 6) is 4.10. The van der Waals surface area contributed by atoms with Crippen molar-refractivity contribution in [2.45, 2.75) is 0 Å². The number of amides is 1. The molecule has 5 heteroatoms. The molecule has 1 fully saturated rings. The Kier molecular flexibility index (Phi) is 4.50. The van der Waals surface area contributed by atoms with Crippen molar-refractivity contribution >= 4 is 5.91 Å². The van der Waals surface area contributed by atoms with Gasteiger partial charge in [-0.25, -0.2) is 4.39 Å². The van der Waals surface area contributed by atoms with Crippen molar-refractivity contribution in [1.29, 1.82) is 0 Å². The summed E-state index contributed by atoms with van der Waals surface area (Å²) < 4.78 is 19.0. The Hall–Kier alpha value is -1.90. The van der Waals surface area contributed by atoms with Crippen LogP contribution in [0.4, 0.5) is 4.39 Å². The van der Waals surface area contributed by atoms with E-state index in [1.165, 1.54) is 12.1 Å². The van der Waals surface area contributed by atoms with Gasteiger partial charge in [0.15, 0.2) is 0 Å². The van der Waals surface area contributed by atoms with E-state index in [9.17, 15) is 9.18 Å². The SMILES string of the molecule is O=C(c1ccc(C#CCO)cc1F)N1CCOCC1. The van der Waals surface area contributed by atoms with Gasteiger partial charge in [0, 0.05) is 18.7 Å². The monoisotopic (exact) mass is 263 g/mol. The van der Waals surface area contributed by atoms with Crippen LogP contribution in [0.2, 0.25) is 0 Å². The zero-order chi connectivity index (χ0) is 13.7. The maximum atomic E-state index is 13.9. The second kappa shape index (κ2) is 6.32. The highest BCUT2D eigenvalue weighted by Crippen LogP contribution is 2.13. The van der Waals surface area contributed by atoms with Gasteiger partial charge in [-0.2, -0.15) is 0 Å². The minimum atomic E-state index is -0.596. The number of hydrogen-bond acceptors (Lipinski definition) is 3. The standard InChI is InChI=1S/C14H14FNO3/c15-13-10-11(2-1-7-17)3-4-12(13)14(18)16-5-8-19-9-6-16/h3-4,10,17H,5-9H2. The van der Waals surface area contributed by atoms with E-state index in [4.69, 9.17) is 9.84 Å². The van der Waals surface area contributed by atoms with Crippen molar-refractivity contribution in [3.8, 4) is 11.8 Å². The molecule has 0 atom stereocenters. The highest BCUT2D eigenvalue weighted by Gasteiger charge is 2.21. The Morgan fingerprint density at radius 2 is 2.16 bits per heavy atom. The van der Waals surface area contributed by atoms with Crippen LogP contribution in [0.25, 0.3) is 0 Å². The molecule has 1 N–H and O–H groups in total. The van der Waals surface area contributed by atoms with Crippen molar-refractivity contribution in [2.24, 2.45) is 0 Å². The molecule has 0 saturated carbocycles. The first-order valence-electron chi connectivity index (χ1n) is 5.98. The second-order valence-corrected chi connectivity index (χ2v) is 4.06.